The molecule has 17 heavy (non-hydrogen) atoms. The lowest BCUT2D eigenvalue weighted by atomic mass is 9.73. The molecule has 1 aliphatic rings. The fourth-order valence-electron chi connectivity index (χ4n) is 2.67. The quantitative estimate of drug-likeness (QED) is 0.815. The van der Waals surface area contributed by atoms with E-state index in [0.29, 0.717) is 5.41 Å². The maximum Gasteiger partial charge on any atom is 0.0647 e. The van der Waals surface area contributed by atoms with Crippen molar-refractivity contribution in [3.63, 3.8) is 0 Å². The first kappa shape index (κ1) is 12.4. The minimum absolute atomic E-state index is 0.201. The number of allylic oxidation sites excluding steroid dienone is 1. The van der Waals surface area contributed by atoms with Crippen molar-refractivity contribution in [1.82, 2.24) is 0 Å². The lowest BCUT2D eigenvalue weighted by Gasteiger charge is -2.33. The molecule has 1 aromatic rings. The third kappa shape index (κ3) is 2.78. The zero-order chi connectivity index (χ0) is 12.5. The third-order valence-electron chi connectivity index (χ3n) is 3.76. The third-order valence-corrected chi connectivity index (χ3v) is 3.76. The molecule has 2 rings (SSSR count). The van der Waals surface area contributed by atoms with Gasteiger partial charge >= 0.3 is 0 Å². The van der Waals surface area contributed by atoms with Gasteiger partial charge in [0.2, 0.25) is 0 Å². The Balaban J connectivity index is 2.36. The van der Waals surface area contributed by atoms with Crippen LogP contribution < -0.4 is 0 Å². The summed E-state index contributed by atoms with van der Waals surface area (Å²) in [6.45, 7) is 6.88. The van der Waals surface area contributed by atoms with Crippen LogP contribution in [0.4, 0.5) is 0 Å². The zero-order valence-corrected chi connectivity index (χ0v) is 11.1. The minimum atomic E-state index is 0.201. The molecule has 1 nitrogen and oxygen atoms in total. The normalized spacial score (nSPS) is 19.5. The van der Waals surface area contributed by atoms with Crippen molar-refractivity contribution < 1.29 is 5.11 Å². The van der Waals surface area contributed by atoms with E-state index >= 15 is 0 Å². The number of aryl methyl sites for hydroxylation is 1. The molecule has 92 valence electrons. The lowest BCUT2D eigenvalue weighted by molar-refractivity contribution is 0.275. The van der Waals surface area contributed by atoms with Gasteiger partial charge in [-0.05, 0) is 48.3 Å². The highest BCUT2D eigenvalue weighted by atomic mass is 16.3. The van der Waals surface area contributed by atoms with Crippen LogP contribution >= 0.6 is 0 Å². The molecule has 1 aromatic carbocycles. The van der Waals surface area contributed by atoms with Crippen LogP contribution in [0, 0.1) is 12.3 Å². The molecule has 0 spiro atoms. The predicted octanol–water partition coefficient (Wildman–Crippen LogP) is 3.95. The largest absolute Gasteiger partial charge is 0.392 e. The van der Waals surface area contributed by atoms with Crippen LogP contribution in [0.3, 0.4) is 0 Å². The van der Waals surface area contributed by atoms with E-state index < -0.39 is 0 Å². The van der Waals surface area contributed by atoms with Crippen LogP contribution in [-0.2, 0) is 0 Å². The van der Waals surface area contributed by atoms with Crippen molar-refractivity contribution in [2.24, 2.45) is 5.41 Å². The Hall–Kier alpha value is -1.08. The molecule has 0 aromatic heterocycles. The van der Waals surface area contributed by atoms with Gasteiger partial charge in [-0.15, -0.1) is 0 Å². The first-order valence-corrected chi connectivity index (χ1v) is 6.41. The Morgan fingerprint density at radius 1 is 1.18 bits per heavy atom. The van der Waals surface area contributed by atoms with E-state index in [1.54, 1.807) is 0 Å². The summed E-state index contributed by atoms with van der Waals surface area (Å²) in [5.74, 6) is 0. The van der Waals surface area contributed by atoms with Gasteiger partial charge in [-0.3, -0.25) is 0 Å². The molecule has 1 aliphatic carbocycles. The summed E-state index contributed by atoms with van der Waals surface area (Å²) < 4.78 is 0. The molecule has 0 radical (unpaired) electrons. The predicted molar refractivity (Wildman–Crippen MR) is 72.8 cm³/mol. The van der Waals surface area contributed by atoms with Gasteiger partial charge in [0.1, 0.15) is 0 Å². The van der Waals surface area contributed by atoms with Crippen molar-refractivity contribution in [2.75, 3.05) is 6.61 Å². The highest BCUT2D eigenvalue weighted by molar-refractivity contribution is 5.70. The monoisotopic (exact) mass is 230 g/mol. The van der Waals surface area contributed by atoms with E-state index in [1.165, 1.54) is 28.7 Å². The average Bonchev–Trinajstić information content (AvgIpc) is 2.29. The van der Waals surface area contributed by atoms with E-state index in [2.05, 4.69) is 45.0 Å². The molecule has 0 atom stereocenters. The highest BCUT2D eigenvalue weighted by Gasteiger charge is 2.26. The molecule has 0 bridgehead atoms. The first-order valence-electron chi connectivity index (χ1n) is 6.41. The molecule has 0 saturated heterocycles. The van der Waals surface area contributed by atoms with Crippen molar-refractivity contribution >= 4 is 5.57 Å². The van der Waals surface area contributed by atoms with Gasteiger partial charge in [-0.2, -0.15) is 0 Å². The second-order valence-electron chi connectivity index (χ2n) is 5.95. The lowest BCUT2D eigenvalue weighted by Crippen LogP contribution is -2.19. The minimum Gasteiger partial charge on any atom is -0.392 e. The van der Waals surface area contributed by atoms with E-state index in [-0.39, 0.29) is 6.61 Å². The summed E-state index contributed by atoms with van der Waals surface area (Å²) in [5.41, 5.74) is 5.51. The summed E-state index contributed by atoms with van der Waals surface area (Å²) in [7, 11) is 0. The number of aliphatic hydroxyl groups excluding tert-OH is 1. The molecule has 0 saturated carbocycles. The van der Waals surface area contributed by atoms with E-state index in [4.69, 9.17) is 0 Å². The van der Waals surface area contributed by atoms with E-state index in [9.17, 15) is 5.11 Å². The summed E-state index contributed by atoms with van der Waals surface area (Å²) >= 11 is 0. The maximum absolute atomic E-state index is 9.55. The van der Waals surface area contributed by atoms with Gasteiger partial charge in [-0.1, -0.05) is 43.7 Å². The summed E-state index contributed by atoms with van der Waals surface area (Å²) in [5, 5.41) is 9.55. The molecule has 1 heteroatoms. The maximum atomic E-state index is 9.55. The molecule has 0 aliphatic heterocycles. The molecule has 0 heterocycles. The fourth-order valence-corrected chi connectivity index (χ4v) is 2.67. The SMILES string of the molecule is Cc1ccc(C2=C(CO)CC(C)(C)CC2)cc1. The van der Waals surface area contributed by atoms with E-state index in [0.717, 1.165) is 12.8 Å². The molecular formula is C16H22O. The van der Waals surface area contributed by atoms with Crippen LogP contribution in [0.1, 0.15) is 44.2 Å². The van der Waals surface area contributed by atoms with E-state index in [1.807, 2.05) is 0 Å². The van der Waals surface area contributed by atoms with Gasteiger partial charge in [0.25, 0.3) is 0 Å². The number of aliphatic hydroxyl groups is 1. The van der Waals surface area contributed by atoms with Gasteiger partial charge in [0.05, 0.1) is 6.61 Å². The Kier molecular flexibility index (Phi) is 3.39. The molecule has 0 fully saturated rings. The molecule has 1 N–H and O–H groups in total. The number of hydrogen-bond acceptors (Lipinski definition) is 1. The molecular weight excluding hydrogens is 208 g/mol. The van der Waals surface area contributed by atoms with Gasteiger partial charge < -0.3 is 5.11 Å². The van der Waals surface area contributed by atoms with Crippen LogP contribution in [0.15, 0.2) is 29.8 Å². The second kappa shape index (κ2) is 4.66. The highest BCUT2D eigenvalue weighted by Crippen LogP contribution is 2.42. The van der Waals surface area contributed by atoms with Crippen LogP contribution in [0.5, 0.6) is 0 Å². The van der Waals surface area contributed by atoms with Crippen LogP contribution in [-0.4, -0.2) is 11.7 Å². The topological polar surface area (TPSA) is 20.2 Å². The summed E-state index contributed by atoms with van der Waals surface area (Å²) in [6, 6.07) is 8.66. The summed E-state index contributed by atoms with van der Waals surface area (Å²) in [6.07, 6.45) is 3.32. The molecule has 0 unspecified atom stereocenters. The van der Waals surface area contributed by atoms with Crippen molar-refractivity contribution in [3.8, 4) is 0 Å². The smallest absolute Gasteiger partial charge is 0.0647 e. The van der Waals surface area contributed by atoms with Crippen molar-refractivity contribution in [2.45, 2.75) is 40.0 Å². The number of rotatable bonds is 2. The Morgan fingerprint density at radius 2 is 1.82 bits per heavy atom. The average molecular weight is 230 g/mol. The fraction of sp³-hybridized carbons (Fsp3) is 0.500. The Morgan fingerprint density at radius 3 is 2.41 bits per heavy atom. The standard InChI is InChI=1S/C16H22O/c1-12-4-6-13(7-5-12)15-8-9-16(2,3)10-14(15)11-17/h4-7,17H,8-11H2,1-3H3. The van der Waals surface area contributed by atoms with Crippen LogP contribution in [0.25, 0.3) is 5.57 Å². The zero-order valence-electron chi connectivity index (χ0n) is 11.1. The van der Waals surface area contributed by atoms with Gasteiger partial charge in [-0.25, -0.2) is 0 Å². The van der Waals surface area contributed by atoms with Crippen molar-refractivity contribution in [1.29, 1.82) is 0 Å². The van der Waals surface area contributed by atoms with Crippen molar-refractivity contribution in [3.05, 3.63) is 41.0 Å². The Labute approximate surface area is 104 Å². The number of benzene rings is 1. The molecule has 0 amide bonds. The second-order valence-corrected chi connectivity index (χ2v) is 5.95. The van der Waals surface area contributed by atoms with Gasteiger partial charge in [0, 0.05) is 0 Å². The Bertz CT molecular complexity index is 423. The first-order chi connectivity index (χ1) is 8.02. The number of hydrogen-bond donors (Lipinski definition) is 1. The van der Waals surface area contributed by atoms with Crippen LogP contribution in [0.2, 0.25) is 0 Å². The van der Waals surface area contributed by atoms with Gasteiger partial charge in [0.15, 0.2) is 0 Å². The summed E-state index contributed by atoms with van der Waals surface area (Å²) in [4.78, 5) is 0.